The molecule has 6 heteroatoms. The molecule has 3 aliphatic rings. The highest BCUT2D eigenvalue weighted by Gasteiger charge is 2.54. The largest absolute Gasteiger partial charge is 0.362 e. The quantitative estimate of drug-likeness (QED) is 0.830. The molecule has 3 fully saturated rings. The lowest BCUT2D eigenvalue weighted by molar-refractivity contribution is -0.209. The molecule has 1 amide bonds. The molecule has 4 rings (SSSR count). The van der Waals surface area contributed by atoms with Gasteiger partial charge >= 0.3 is 0 Å². The molecule has 1 spiro atoms. The van der Waals surface area contributed by atoms with Crippen molar-refractivity contribution >= 4 is 11.9 Å². The number of carbonyl (C=O) groups is 1. The summed E-state index contributed by atoms with van der Waals surface area (Å²) >= 11 is 0. The molecule has 142 valence electrons. The average Bonchev–Trinajstić information content (AvgIpc) is 3.17. The summed E-state index contributed by atoms with van der Waals surface area (Å²) in [7, 11) is 0. The van der Waals surface area contributed by atoms with Crippen LogP contribution in [-0.4, -0.2) is 58.2 Å². The van der Waals surface area contributed by atoms with Gasteiger partial charge in [-0.05, 0) is 52.0 Å². The lowest BCUT2D eigenvalue weighted by Crippen LogP contribution is -2.74. The van der Waals surface area contributed by atoms with Crippen molar-refractivity contribution in [1.29, 1.82) is 0 Å². The topological polar surface area (TPSA) is 58.6 Å². The van der Waals surface area contributed by atoms with Crippen molar-refractivity contribution in [3.8, 4) is 0 Å². The number of morpholine rings is 1. The molecule has 2 unspecified atom stereocenters. The standard InChI is InChI=1S/C20H30N4O2/c1-13-6-16(13)8-17(25)23-9-19(4,5)26-20(10-23)11-24(12-20)18-21-14(2)7-15(3)22-18/h7,13,16H,6,8-12H2,1-5H3. The van der Waals surface area contributed by atoms with Gasteiger partial charge in [0.15, 0.2) is 0 Å². The molecule has 2 aliphatic heterocycles. The molecule has 0 aromatic carbocycles. The normalized spacial score (nSPS) is 28.8. The van der Waals surface area contributed by atoms with Crippen LogP contribution in [0.3, 0.4) is 0 Å². The van der Waals surface area contributed by atoms with E-state index < -0.39 is 0 Å². The van der Waals surface area contributed by atoms with Crippen LogP contribution in [0.25, 0.3) is 0 Å². The van der Waals surface area contributed by atoms with Gasteiger partial charge in [-0.25, -0.2) is 9.97 Å². The second-order valence-corrected chi connectivity index (χ2v) is 9.28. The van der Waals surface area contributed by atoms with Crippen molar-refractivity contribution in [1.82, 2.24) is 14.9 Å². The Hall–Kier alpha value is -1.69. The van der Waals surface area contributed by atoms with Crippen LogP contribution in [0.15, 0.2) is 6.07 Å². The van der Waals surface area contributed by atoms with Crippen molar-refractivity contribution in [2.75, 3.05) is 31.1 Å². The van der Waals surface area contributed by atoms with E-state index in [-0.39, 0.29) is 17.1 Å². The maximum Gasteiger partial charge on any atom is 0.225 e. The van der Waals surface area contributed by atoms with Crippen LogP contribution in [-0.2, 0) is 9.53 Å². The van der Waals surface area contributed by atoms with Crippen molar-refractivity contribution in [2.24, 2.45) is 11.8 Å². The van der Waals surface area contributed by atoms with Crippen LogP contribution in [0.4, 0.5) is 5.95 Å². The predicted octanol–water partition coefficient (Wildman–Crippen LogP) is 2.34. The van der Waals surface area contributed by atoms with Gasteiger partial charge in [0.2, 0.25) is 11.9 Å². The summed E-state index contributed by atoms with van der Waals surface area (Å²) in [4.78, 5) is 26.1. The smallest absolute Gasteiger partial charge is 0.225 e. The highest BCUT2D eigenvalue weighted by molar-refractivity contribution is 5.77. The summed E-state index contributed by atoms with van der Waals surface area (Å²) in [6.45, 7) is 13.2. The fourth-order valence-electron chi connectivity index (χ4n) is 4.53. The van der Waals surface area contributed by atoms with Crippen molar-refractivity contribution < 1.29 is 9.53 Å². The Kier molecular flexibility index (Phi) is 4.03. The number of hydrogen-bond donors (Lipinski definition) is 0. The van der Waals surface area contributed by atoms with Gasteiger partial charge in [0.1, 0.15) is 5.60 Å². The number of hydrogen-bond acceptors (Lipinski definition) is 5. The van der Waals surface area contributed by atoms with E-state index in [0.717, 1.165) is 30.4 Å². The minimum atomic E-state index is -0.321. The Balaban J connectivity index is 1.45. The molecular weight excluding hydrogens is 328 g/mol. The summed E-state index contributed by atoms with van der Waals surface area (Å²) in [5.74, 6) is 2.36. The zero-order valence-corrected chi connectivity index (χ0v) is 16.6. The number of aryl methyl sites for hydroxylation is 2. The van der Waals surface area contributed by atoms with E-state index in [4.69, 9.17) is 4.74 Å². The average molecular weight is 358 g/mol. The molecule has 1 aromatic rings. The molecule has 2 saturated heterocycles. The summed E-state index contributed by atoms with van der Waals surface area (Å²) in [6, 6.07) is 1.98. The Bertz CT molecular complexity index is 706. The minimum Gasteiger partial charge on any atom is -0.362 e. The van der Waals surface area contributed by atoms with E-state index >= 15 is 0 Å². The second-order valence-electron chi connectivity index (χ2n) is 9.28. The number of aromatic nitrogens is 2. The maximum absolute atomic E-state index is 12.8. The first-order valence-corrected chi connectivity index (χ1v) is 9.70. The summed E-state index contributed by atoms with van der Waals surface area (Å²) in [6.07, 6.45) is 1.89. The Morgan fingerprint density at radius 2 is 1.81 bits per heavy atom. The zero-order chi connectivity index (χ0) is 18.7. The summed E-state index contributed by atoms with van der Waals surface area (Å²) in [5.41, 5.74) is 1.34. The van der Waals surface area contributed by atoms with Gasteiger partial charge in [0.25, 0.3) is 0 Å². The van der Waals surface area contributed by atoms with E-state index in [1.165, 1.54) is 6.42 Å². The van der Waals surface area contributed by atoms with Crippen LogP contribution in [0.5, 0.6) is 0 Å². The van der Waals surface area contributed by atoms with E-state index in [2.05, 4.69) is 35.6 Å². The number of ether oxygens (including phenoxy) is 1. The lowest BCUT2D eigenvalue weighted by atomic mass is 9.88. The molecule has 2 atom stereocenters. The minimum absolute atomic E-state index is 0.288. The van der Waals surface area contributed by atoms with Gasteiger partial charge in [-0.3, -0.25) is 4.79 Å². The first kappa shape index (κ1) is 17.7. The number of amides is 1. The van der Waals surface area contributed by atoms with Crippen molar-refractivity contribution in [2.45, 2.75) is 58.7 Å². The fourth-order valence-corrected chi connectivity index (χ4v) is 4.53. The highest BCUT2D eigenvalue weighted by Crippen LogP contribution is 2.42. The molecule has 0 N–H and O–H groups in total. The van der Waals surface area contributed by atoms with Crippen LogP contribution in [0.1, 0.15) is 45.0 Å². The maximum atomic E-state index is 12.8. The highest BCUT2D eigenvalue weighted by atomic mass is 16.5. The molecule has 3 heterocycles. The molecule has 26 heavy (non-hydrogen) atoms. The zero-order valence-electron chi connectivity index (χ0n) is 16.6. The van der Waals surface area contributed by atoms with Gasteiger partial charge in [0, 0.05) is 24.4 Å². The van der Waals surface area contributed by atoms with Gasteiger partial charge in [0.05, 0.1) is 25.2 Å². The number of rotatable bonds is 3. The third kappa shape index (κ3) is 3.43. The Morgan fingerprint density at radius 3 is 2.38 bits per heavy atom. The lowest BCUT2D eigenvalue weighted by Gasteiger charge is -2.58. The fraction of sp³-hybridized carbons (Fsp3) is 0.750. The van der Waals surface area contributed by atoms with Gasteiger partial charge in [-0.15, -0.1) is 0 Å². The summed E-state index contributed by atoms with van der Waals surface area (Å²) < 4.78 is 6.44. The van der Waals surface area contributed by atoms with Gasteiger partial charge in [-0.1, -0.05) is 6.92 Å². The van der Waals surface area contributed by atoms with E-state index in [1.54, 1.807) is 0 Å². The van der Waals surface area contributed by atoms with Crippen LogP contribution >= 0.6 is 0 Å². The summed E-state index contributed by atoms with van der Waals surface area (Å²) in [5, 5.41) is 0. The molecular formula is C20H30N4O2. The second kappa shape index (κ2) is 5.91. The third-order valence-electron chi connectivity index (χ3n) is 5.82. The Labute approximate surface area is 155 Å². The van der Waals surface area contributed by atoms with E-state index in [0.29, 0.717) is 31.3 Å². The molecule has 0 bridgehead atoms. The molecule has 6 nitrogen and oxygen atoms in total. The number of nitrogens with zero attached hydrogens (tertiary/aromatic N) is 4. The molecule has 1 saturated carbocycles. The first-order chi connectivity index (χ1) is 12.1. The van der Waals surface area contributed by atoms with Crippen LogP contribution in [0, 0.1) is 25.7 Å². The molecule has 0 radical (unpaired) electrons. The predicted molar refractivity (Wildman–Crippen MR) is 100 cm³/mol. The third-order valence-corrected chi connectivity index (χ3v) is 5.82. The van der Waals surface area contributed by atoms with Gasteiger partial charge < -0.3 is 14.5 Å². The van der Waals surface area contributed by atoms with E-state index in [1.807, 2.05) is 24.8 Å². The first-order valence-electron chi connectivity index (χ1n) is 9.70. The monoisotopic (exact) mass is 358 g/mol. The SMILES string of the molecule is Cc1cc(C)nc(N2CC3(CN(C(=O)CC4CC4C)CC(C)(C)O3)C2)n1. The van der Waals surface area contributed by atoms with Crippen molar-refractivity contribution in [3.05, 3.63) is 17.5 Å². The van der Waals surface area contributed by atoms with E-state index in [9.17, 15) is 4.79 Å². The van der Waals surface area contributed by atoms with Gasteiger partial charge in [-0.2, -0.15) is 0 Å². The van der Waals surface area contributed by atoms with Crippen LogP contribution in [0.2, 0.25) is 0 Å². The number of carbonyl (C=O) groups excluding carboxylic acids is 1. The Morgan fingerprint density at radius 1 is 1.19 bits per heavy atom. The van der Waals surface area contributed by atoms with Crippen molar-refractivity contribution in [3.63, 3.8) is 0 Å². The number of anilines is 1. The molecule has 1 aromatic heterocycles. The molecule has 1 aliphatic carbocycles. The van der Waals surface area contributed by atoms with Crippen LogP contribution < -0.4 is 4.90 Å².